The lowest BCUT2D eigenvalue weighted by molar-refractivity contribution is 0.354. The third kappa shape index (κ3) is 2.18. The molecule has 0 saturated heterocycles. The van der Waals surface area contributed by atoms with Gasteiger partial charge in [0.1, 0.15) is 6.33 Å². The molecule has 8 heteroatoms. The molecule has 3 N–H and O–H groups in total. The highest BCUT2D eigenvalue weighted by Crippen LogP contribution is 2.33. The fourth-order valence-electron chi connectivity index (χ4n) is 1.50. The number of nitrogens with two attached hydrogens (primary N) is 1. The van der Waals surface area contributed by atoms with Gasteiger partial charge in [-0.3, -0.25) is 0 Å². The lowest BCUT2D eigenvalue weighted by atomic mass is 10.5. The Hall–Kier alpha value is -2.35. The minimum Gasteiger partial charge on any atom is -0.489 e. The van der Waals surface area contributed by atoms with Crippen LogP contribution < -0.4 is 20.7 Å². The Bertz CT molecular complexity index is 553. The van der Waals surface area contributed by atoms with Crippen molar-refractivity contribution in [2.24, 2.45) is 12.9 Å². The number of hydrogen-bond donors (Lipinski definition) is 2. The van der Waals surface area contributed by atoms with Crippen molar-refractivity contribution in [2.75, 3.05) is 12.5 Å². The smallest absolute Gasteiger partial charge is 0.269 e. The van der Waals surface area contributed by atoms with Gasteiger partial charge in [-0.2, -0.15) is 10.1 Å². The van der Waals surface area contributed by atoms with Gasteiger partial charge < -0.3 is 14.9 Å². The number of nitrogen functional groups attached to an aromatic ring is 1. The maximum Gasteiger partial charge on any atom is 0.269 e. The van der Waals surface area contributed by atoms with Crippen LogP contribution in [-0.2, 0) is 7.05 Å². The lowest BCUT2D eigenvalue weighted by Crippen LogP contribution is -2.11. The summed E-state index contributed by atoms with van der Waals surface area (Å²) < 4.78 is 12.4. The number of hydrazine groups is 1. The minimum atomic E-state index is 0.267. The normalized spacial score (nSPS) is 10.2. The standard InChI is InChI=1S/C10H14N6O2/c1-6-4-7(16(2)15-6)18-10-8(17-3)9(14-11)12-5-13-10/h4-5H,11H2,1-3H3,(H,12,13,14). The molecule has 0 saturated carbocycles. The van der Waals surface area contributed by atoms with Gasteiger partial charge >= 0.3 is 0 Å². The molecule has 0 bridgehead atoms. The number of anilines is 1. The number of nitrogens with zero attached hydrogens (tertiary/aromatic N) is 4. The molecule has 0 atom stereocenters. The summed E-state index contributed by atoms with van der Waals surface area (Å²) in [6.07, 6.45) is 1.33. The van der Waals surface area contributed by atoms with E-state index in [-0.39, 0.29) is 5.88 Å². The van der Waals surface area contributed by atoms with Gasteiger partial charge in [-0.1, -0.05) is 0 Å². The quantitative estimate of drug-likeness (QED) is 0.605. The molecule has 2 heterocycles. The van der Waals surface area contributed by atoms with E-state index in [9.17, 15) is 0 Å². The largest absolute Gasteiger partial charge is 0.489 e. The Balaban J connectivity index is 2.37. The van der Waals surface area contributed by atoms with Crippen molar-refractivity contribution in [2.45, 2.75) is 6.92 Å². The van der Waals surface area contributed by atoms with E-state index in [1.54, 1.807) is 17.8 Å². The van der Waals surface area contributed by atoms with E-state index in [1.165, 1.54) is 13.4 Å². The summed E-state index contributed by atoms with van der Waals surface area (Å²) in [5.74, 6) is 6.83. The Labute approximate surface area is 104 Å². The number of hydrogen-bond acceptors (Lipinski definition) is 7. The molecular weight excluding hydrogens is 236 g/mol. The zero-order valence-corrected chi connectivity index (χ0v) is 10.3. The van der Waals surface area contributed by atoms with E-state index in [0.717, 1.165) is 5.69 Å². The predicted molar refractivity (Wildman–Crippen MR) is 64.4 cm³/mol. The molecule has 8 nitrogen and oxygen atoms in total. The molecule has 18 heavy (non-hydrogen) atoms. The van der Waals surface area contributed by atoms with Crippen molar-refractivity contribution in [3.63, 3.8) is 0 Å². The van der Waals surface area contributed by atoms with Crippen LogP contribution in [0, 0.1) is 6.92 Å². The van der Waals surface area contributed by atoms with Crippen molar-refractivity contribution >= 4 is 5.82 Å². The first-order chi connectivity index (χ1) is 8.65. The topological polar surface area (TPSA) is 100 Å². The molecular formula is C10H14N6O2. The van der Waals surface area contributed by atoms with Crippen molar-refractivity contribution in [1.82, 2.24) is 19.7 Å². The number of ether oxygens (including phenoxy) is 2. The van der Waals surface area contributed by atoms with E-state index in [0.29, 0.717) is 17.4 Å². The summed E-state index contributed by atoms with van der Waals surface area (Å²) in [5.41, 5.74) is 3.26. The lowest BCUT2D eigenvalue weighted by Gasteiger charge is -2.11. The van der Waals surface area contributed by atoms with Crippen molar-refractivity contribution in [1.29, 1.82) is 0 Å². The average Bonchev–Trinajstić information content (AvgIpc) is 2.67. The van der Waals surface area contributed by atoms with E-state index in [1.807, 2.05) is 6.92 Å². The number of aryl methyl sites for hydroxylation is 2. The van der Waals surface area contributed by atoms with Crippen LogP contribution in [0.15, 0.2) is 12.4 Å². The van der Waals surface area contributed by atoms with Crippen LogP contribution in [0.4, 0.5) is 5.82 Å². The second-order valence-electron chi connectivity index (χ2n) is 3.55. The second-order valence-corrected chi connectivity index (χ2v) is 3.55. The molecule has 2 aromatic heterocycles. The fourth-order valence-corrected chi connectivity index (χ4v) is 1.50. The molecule has 0 aliphatic rings. The van der Waals surface area contributed by atoms with Gasteiger partial charge in [-0.05, 0) is 6.92 Å². The molecule has 0 radical (unpaired) electrons. The van der Waals surface area contributed by atoms with E-state index < -0.39 is 0 Å². The maximum absolute atomic E-state index is 5.62. The van der Waals surface area contributed by atoms with Crippen LogP contribution in [0.25, 0.3) is 0 Å². The monoisotopic (exact) mass is 250 g/mol. The molecule has 0 amide bonds. The molecule has 2 aromatic rings. The fraction of sp³-hybridized carbons (Fsp3) is 0.300. The number of methoxy groups -OCH3 is 1. The number of nitrogens with one attached hydrogen (secondary N) is 1. The van der Waals surface area contributed by atoms with Gasteiger partial charge in [0, 0.05) is 13.1 Å². The highest BCUT2D eigenvalue weighted by atomic mass is 16.5. The zero-order chi connectivity index (χ0) is 13.1. The molecule has 0 spiro atoms. The molecule has 0 fully saturated rings. The molecule has 0 aliphatic carbocycles. The van der Waals surface area contributed by atoms with Crippen molar-refractivity contribution in [3.05, 3.63) is 18.1 Å². The minimum absolute atomic E-state index is 0.267. The van der Waals surface area contributed by atoms with Gasteiger partial charge in [0.2, 0.25) is 11.6 Å². The molecule has 0 aliphatic heterocycles. The first-order valence-corrected chi connectivity index (χ1v) is 5.19. The number of aromatic nitrogens is 4. The van der Waals surface area contributed by atoms with Crippen LogP contribution in [0.3, 0.4) is 0 Å². The van der Waals surface area contributed by atoms with Crippen LogP contribution in [-0.4, -0.2) is 26.9 Å². The molecule has 2 rings (SSSR count). The third-order valence-electron chi connectivity index (χ3n) is 2.27. The van der Waals surface area contributed by atoms with Crippen molar-refractivity contribution < 1.29 is 9.47 Å². The van der Waals surface area contributed by atoms with Crippen LogP contribution in [0.2, 0.25) is 0 Å². The van der Waals surface area contributed by atoms with E-state index in [4.69, 9.17) is 15.3 Å². The highest BCUT2D eigenvalue weighted by molar-refractivity contribution is 5.54. The maximum atomic E-state index is 5.62. The summed E-state index contributed by atoms with van der Waals surface area (Å²) in [6, 6.07) is 1.79. The first-order valence-electron chi connectivity index (χ1n) is 5.19. The summed E-state index contributed by atoms with van der Waals surface area (Å²) >= 11 is 0. The van der Waals surface area contributed by atoms with Gasteiger partial charge in [-0.25, -0.2) is 15.5 Å². The summed E-state index contributed by atoms with van der Waals surface area (Å²) in [4.78, 5) is 7.93. The van der Waals surface area contributed by atoms with Gasteiger partial charge in [0.15, 0.2) is 5.82 Å². The summed E-state index contributed by atoms with van der Waals surface area (Å²) in [5, 5.41) is 4.17. The predicted octanol–water partition coefficient (Wildman–Crippen LogP) is 0.605. The molecule has 0 aromatic carbocycles. The Morgan fingerprint density at radius 3 is 2.72 bits per heavy atom. The Morgan fingerprint density at radius 2 is 2.17 bits per heavy atom. The summed E-state index contributed by atoms with van der Waals surface area (Å²) in [7, 11) is 3.26. The van der Waals surface area contributed by atoms with E-state index in [2.05, 4.69) is 20.5 Å². The average molecular weight is 250 g/mol. The van der Waals surface area contributed by atoms with Crippen molar-refractivity contribution in [3.8, 4) is 17.5 Å². The van der Waals surface area contributed by atoms with Crippen LogP contribution in [0.5, 0.6) is 17.5 Å². The van der Waals surface area contributed by atoms with E-state index >= 15 is 0 Å². The van der Waals surface area contributed by atoms with Gasteiger partial charge in [0.05, 0.1) is 12.8 Å². The SMILES string of the molecule is COc1c(NN)ncnc1Oc1cc(C)nn1C. The summed E-state index contributed by atoms with van der Waals surface area (Å²) in [6.45, 7) is 1.87. The van der Waals surface area contributed by atoms with Gasteiger partial charge in [0.25, 0.3) is 5.88 Å². The third-order valence-corrected chi connectivity index (χ3v) is 2.27. The van der Waals surface area contributed by atoms with Crippen LogP contribution >= 0.6 is 0 Å². The highest BCUT2D eigenvalue weighted by Gasteiger charge is 2.15. The molecule has 96 valence electrons. The Morgan fingerprint density at radius 1 is 1.39 bits per heavy atom. The van der Waals surface area contributed by atoms with Gasteiger partial charge in [-0.15, -0.1) is 0 Å². The first kappa shape index (κ1) is 12.1. The zero-order valence-electron chi connectivity index (χ0n) is 10.3. The van der Waals surface area contributed by atoms with Crippen LogP contribution in [0.1, 0.15) is 5.69 Å². The molecule has 0 unspecified atom stereocenters. The second kappa shape index (κ2) is 4.88. The Kier molecular flexibility index (Phi) is 3.28. The number of rotatable bonds is 4.